The van der Waals surface area contributed by atoms with Crippen LogP contribution in [-0.2, 0) is 0 Å². The molecule has 1 aromatic heterocycles. The highest BCUT2D eigenvalue weighted by atomic mass is 35.5. The fourth-order valence-corrected chi connectivity index (χ4v) is 2.55. The Labute approximate surface area is 96.3 Å². The summed E-state index contributed by atoms with van der Waals surface area (Å²) in [5, 5.41) is 0.299. The molecule has 0 amide bonds. The lowest BCUT2D eigenvalue weighted by Gasteiger charge is -2.31. The van der Waals surface area contributed by atoms with Crippen LogP contribution in [0.15, 0.2) is 29.6 Å². The Morgan fingerprint density at radius 3 is 2.69 bits per heavy atom. The summed E-state index contributed by atoms with van der Waals surface area (Å²) in [4.78, 5) is 2.77. The van der Waals surface area contributed by atoms with Crippen molar-refractivity contribution in [3.8, 4) is 0 Å². The highest BCUT2D eigenvalue weighted by Crippen LogP contribution is 2.47. The molecule has 88 valence electrons. The number of nitrogens with one attached hydrogen (secondary N) is 1. The van der Waals surface area contributed by atoms with Gasteiger partial charge in [-0.15, -0.1) is 0 Å². The van der Waals surface area contributed by atoms with Crippen molar-refractivity contribution in [2.45, 2.75) is 24.9 Å². The van der Waals surface area contributed by atoms with Gasteiger partial charge in [0.2, 0.25) is 0 Å². The third-order valence-corrected chi connectivity index (χ3v) is 3.31. The molecule has 1 aliphatic carbocycles. The number of hydrogen-bond donors (Lipinski definition) is 1. The summed E-state index contributed by atoms with van der Waals surface area (Å²) in [6.07, 6.45) is 1.17. The van der Waals surface area contributed by atoms with Crippen molar-refractivity contribution in [1.29, 1.82) is 0 Å². The van der Waals surface area contributed by atoms with Gasteiger partial charge in [0, 0.05) is 23.3 Å². The Morgan fingerprint density at radius 2 is 2.12 bits per heavy atom. The molecule has 0 aromatic carbocycles. The fourth-order valence-electron chi connectivity index (χ4n) is 2.16. The lowest BCUT2D eigenvalue weighted by molar-refractivity contribution is -0.180. The number of aromatic amines is 1. The molecule has 2 rings (SSSR count). The number of hydrogen-bond acceptors (Lipinski definition) is 0. The summed E-state index contributed by atoms with van der Waals surface area (Å²) in [5.41, 5.74) is 0.600. The van der Waals surface area contributed by atoms with E-state index in [2.05, 4.69) is 4.98 Å². The standard InChI is InChI=1S/C11H11ClF3N/c12-9-3-1-2-8(11(13,14)15)10(9)7-4-5-16-6-7/h3-6,8,10,16H,1-2H2. The molecule has 16 heavy (non-hydrogen) atoms. The maximum atomic E-state index is 12.9. The molecule has 0 saturated heterocycles. The normalized spacial score (nSPS) is 26.6. The minimum atomic E-state index is -4.20. The second-order valence-electron chi connectivity index (χ2n) is 3.94. The lowest BCUT2D eigenvalue weighted by atomic mass is 9.80. The Balaban J connectivity index is 2.36. The molecule has 1 aromatic rings. The summed E-state index contributed by atoms with van der Waals surface area (Å²) in [6.45, 7) is 0. The molecule has 5 heteroatoms. The second-order valence-corrected chi connectivity index (χ2v) is 4.37. The first-order valence-electron chi connectivity index (χ1n) is 5.05. The molecule has 0 spiro atoms. The number of halogens is 4. The van der Waals surface area contributed by atoms with Crippen LogP contribution in [0.25, 0.3) is 0 Å². The van der Waals surface area contributed by atoms with Crippen molar-refractivity contribution < 1.29 is 13.2 Å². The number of H-pyrrole nitrogens is 1. The predicted octanol–water partition coefficient (Wildman–Crippen LogP) is 4.19. The van der Waals surface area contributed by atoms with Gasteiger partial charge < -0.3 is 4.98 Å². The second kappa shape index (κ2) is 4.17. The van der Waals surface area contributed by atoms with Crippen LogP contribution < -0.4 is 0 Å². The minimum absolute atomic E-state index is 0.107. The molecule has 2 unspecified atom stereocenters. The molecule has 2 atom stereocenters. The van der Waals surface area contributed by atoms with Crippen LogP contribution in [0.3, 0.4) is 0 Å². The van der Waals surface area contributed by atoms with Gasteiger partial charge in [-0.2, -0.15) is 13.2 Å². The van der Waals surface area contributed by atoms with Crippen LogP contribution in [0.5, 0.6) is 0 Å². The van der Waals surface area contributed by atoms with Crippen molar-refractivity contribution in [2.75, 3.05) is 0 Å². The Morgan fingerprint density at radius 1 is 1.38 bits per heavy atom. The average molecular weight is 250 g/mol. The number of aromatic nitrogens is 1. The average Bonchev–Trinajstić information content (AvgIpc) is 2.68. The summed E-state index contributed by atoms with van der Waals surface area (Å²) in [5.74, 6) is -2.12. The molecule has 1 aliphatic rings. The van der Waals surface area contributed by atoms with Crippen molar-refractivity contribution in [1.82, 2.24) is 4.98 Å². The summed E-state index contributed by atoms with van der Waals surface area (Å²) < 4.78 is 38.6. The van der Waals surface area contributed by atoms with Gasteiger partial charge in [0.05, 0.1) is 5.92 Å². The quantitative estimate of drug-likeness (QED) is 0.768. The largest absolute Gasteiger partial charge is 0.392 e. The van der Waals surface area contributed by atoms with E-state index in [1.54, 1.807) is 24.5 Å². The lowest BCUT2D eigenvalue weighted by Crippen LogP contribution is -2.31. The molecule has 1 heterocycles. The van der Waals surface area contributed by atoms with E-state index < -0.39 is 18.0 Å². The van der Waals surface area contributed by atoms with Crippen LogP contribution in [0.2, 0.25) is 0 Å². The van der Waals surface area contributed by atoms with Gasteiger partial charge in [-0.3, -0.25) is 0 Å². The molecule has 1 N–H and O–H groups in total. The first-order chi connectivity index (χ1) is 7.50. The van der Waals surface area contributed by atoms with Gasteiger partial charge in [0.1, 0.15) is 0 Å². The maximum absolute atomic E-state index is 12.9. The van der Waals surface area contributed by atoms with Crippen molar-refractivity contribution in [3.05, 3.63) is 35.1 Å². The van der Waals surface area contributed by atoms with Crippen LogP contribution >= 0.6 is 11.6 Å². The first-order valence-corrected chi connectivity index (χ1v) is 5.43. The molecular weight excluding hydrogens is 239 g/mol. The Kier molecular flexibility index (Phi) is 3.02. The Bertz CT molecular complexity index is 380. The Hall–Kier alpha value is -0.900. The van der Waals surface area contributed by atoms with Gasteiger partial charge in [0.25, 0.3) is 0 Å². The predicted molar refractivity (Wildman–Crippen MR) is 56.2 cm³/mol. The molecule has 0 aliphatic heterocycles. The zero-order chi connectivity index (χ0) is 11.8. The van der Waals surface area contributed by atoms with Crippen molar-refractivity contribution in [3.63, 3.8) is 0 Å². The van der Waals surface area contributed by atoms with E-state index in [0.717, 1.165) is 0 Å². The third-order valence-electron chi connectivity index (χ3n) is 2.92. The molecular formula is C11H11ClF3N. The minimum Gasteiger partial charge on any atom is -0.367 e. The van der Waals surface area contributed by atoms with Gasteiger partial charge in [-0.05, 0) is 24.5 Å². The zero-order valence-electron chi connectivity index (χ0n) is 8.39. The van der Waals surface area contributed by atoms with E-state index in [-0.39, 0.29) is 6.42 Å². The molecule has 0 radical (unpaired) electrons. The summed E-state index contributed by atoms with van der Waals surface area (Å²) >= 11 is 5.92. The van der Waals surface area contributed by atoms with Crippen molar-refractivity contribution in [2.24, 2.45) is 5.92 Å². The molecule has 0 saturated carbocycles. The number of allylic oxidation sites excluding steroid dienone is 2. The van der Waals surface area contributed by atoms with Gasteiger partial charge in [0.15, 0.2) is 0 Å². The molecule has 1 nitrogen and oxygen atoms in total. The van der Waals surface area contributed by atoms with E-state index in [4.69, 9.17) is 11.6 Å². The van der Waals surface area contributed by atoms with Crippen LogP contribution in [-0.4, -0.2) is 11.2 Å². The molecule has 0 fully saturated rings. The maximum Gasteiger partial charge on any atom is 0.392 e. The van der Waals surface area contributed by atoms with E-state index >= 15 is 0 Å². The SMILES string of the molecule is FC(F)(F)C1CCC=C(Cl)C1c1cc[nH]c1. The van der Waals surface area contributed by atoms with Gasteiger partial charge in [-0.25, -0.2) is 0 Å². The summed E-state index contributed by atoms with van der Waals surface area (Å²) in [7, 11) is 0. The van der Waals surface area contributed by atoms with Gasteiger partial charge >= 0.3 is 6.18 Å². The topological polar surface area (TPSA) is 15.8 Å². The van der Waals surface area contributed by atoms with Crippen molar-refractivity contribution >= 4 is 11.6 Å². The number of alkyl halides is 3. The van der Waals surface area contributed by atoms with Crippen LogP contribution in [0, 0.1) is 5.92 Å². The highest BCUT2D eigenvalue weighted by Gasteiger charge is 2.46. The fraction of sp³-hybridized carbons (Fsp3) is 0.455. The third kappa shape index (κ3) is 2.12. The van der Waals surface area contributed by atoms with Crippen LogP contribution in [0.1, 0.15) is 24.3 Å². The van der Waals surface area contributed by atoms with E-state index in [1.165, 1.54) is 0 Å². The zero-order valence-corrected chi connectivity index (χ0v) is 9.15. The van der Waals surface area contributed by atoms with Gasteiger partial charge in [-0.1, -0.05) is 17.7 Å². The summed E-state index contributed by atoms with van der Waals surface area (Å²) in [6, 6.07) is 1.64. The number of rotatable bonds is 1. The van der Waals surface area contributed by atoms with E-state index in [9.17, 15) is 13.2 Å². The highest BCUT2D eigenvalue weighted by molar-refractivity contribution is 6.30. The smallest absolute Gasteiger partial charge is 0.367 e. The first kappa shape index (κ1) is 11.6. The van der Waals surface area contributed by atoms with E-state index in [1.807, 2.05) is 0 Å². The van der Waals surface area contributed by atoms with E-state index in [0.29, 0.717) is 17.0 Å². The molecule has 0 bridgehead atoms. The van der Waals surface area contributed by atoms with Crippen LogP contribution in [0.4, 0.5) is 13.2 Å². The monoisotopic (exact) mass is 249 g/mol.